The minimum Gasteiger partial charge on any atom is -0.379 e. The van der Waals surface area contributed by atoms with Gasteiger partial charge in [0.1, 0.15) is 18.9 Å². The van der Waals surface area contributed by atoms with Crippen molar-refractivity contribution in [2.75, 3.05) is 26.4 Å². The van der Waals surface area contributed by atoms with E-state index in [-0.39, 0.29) is 24.6 Å². The summed E-state index contributed by atoms with van der Waals surface area (Å²) < 4.78 is 13.6. The van der Waals surface area contributed by atoms with E-state index in [2.05, 4.69) is 5.32 Å². The van der Waals surface area contributed by atoms with Gasteiger partial charge in [-0.25, -0.2) is 4.79 Å². The van der Waals surface area contributed by atoms with Gasteiger partial charge in [0.25, 0.3) is 0 Å². The molecule has 1 aromatic heterocycles. The van der Waals surface area contributed by atoms with Crippen LogP contribution < -0.4 is 11.0 Å². The van der Waals surface area contributed by atoms with Crippen LogP contribution in [0.4, 0.5) is 0 Å². The third-order valence-corrected chi connectivity index (χ3v) is 5.00. The Balaban J connectivity index is 1.72. The van der Waals surface area contributed by atoms with Crippen LogP contribution in [0.5, 0.6) is 0 Å². The lowest BCUT2D eigenvalue weighted by Crippen LogP contribution is -2.44. The topological polar surface area (TPSA) is 109 Å². The summed E-state index contributed by atoms with van der Waals surface area (Å²) in [6.45, 7) is 1.40. The molecule has 0 bridgehead atoms. The van der Waals surface area contributed by atoms with E-state index < -0.39 is 11.9 Å². The predicted octanol–water partition coefficient (Wildman–Crippen LogP) is 0.482. The molecule has 0 spiro atoms. The van der Waals surface area contributed by atoms with Gasteiger partial charge in [-0.3, -0.25) is 24.0 Å². The molecule has 1 aliphatic heterocycles. The van der Waals surface area contributed by atoms with Gasteiger partial charge in [0, 0.05) is 20.1 Å². The third-order valence-electron chi connectivity index (χ3n) is 5.00. The number of hydrogen-bond acceptors (Lipinski definition) is 6. The number of piperidine rings is 1. The zero-order valence-corrected chi connectivity index (χ0v) is 16.4. The molecule has 1 aromatic carbocycles. The predicted molar refractivity (Wildman–Crippen MR) is 105 cm³/mol. The van der Waals surface area contributed by atoms with Crippen LogP contribution in [0.1, 0.15) is 30.9 Å². The Labute approximate surface area is 167 Å². The quantitative estimate of drug-likeness (QED) is 0.351. The minimum atomic E-state index is -0.686. The van der Waals surface area contributed by atoms with Crippen LogP contribution in [0.15, 0.2) is 23.0 Å². The lowest BCUT2D eigenvalue weighted by molar-refractivity contribution is -0.135. The number of aromatic nitrogens is 2. The normalized spacial score (nSPS) is 16.9. The van der Waals surface area contributed by atoms with Crippen LogP contribution >= 0.6 is 0 Å². The molecule has 2 amide bonds. The van der Waals surface area contributed by atoms with Crippen molar-refractivity contribution in [3.63, 3.8) is 0 Å². The molecular formula is C20H25N3O6. The summed E-state index contributed by atoms with van der Waals surface area (Å²) in [6.07, 6.45) is 2.69. The Bertz CT molecular complexity index is 961. The number of benzene rings is 1. The Kier molecular flexibility index (Phi) is 6.95. The Morgan fingerprint density at radius 1 is 1.17 bits per heavy atom. The monoisotopic (exact) mass is 403 g/mol. The molecule has 156 valence electrons. The lowest BCUT2D eigenvalue weighted by Gasteiger charge is -2.21. The minimum absolute atomic E-state index is 0.0730. The Morgan fingerprint density at radius 2 is 1.97 bits per heavy atom. The van der Waals surface area contributed by atoms with Gasteiger partial charge < -0.3 is 14.3 Å². The van der Waals surface area contributed by atoms with Crippen LogP contribution in [0, 0.1) is 0 Å². The SMILES string of the molecule is Cn1c(=O)n(C2CCC(=O)NC2=O)c2cccc(CCCOCCOCC=O)c21. The maximum absolute atomic E-state index is 12.9. The van der Waals surface area contributed by atoms with Crippen molar-refractivity contribution in [2.24, 2.45) is 7.05 Å². The van der Waals surface area contributed by atoms with Gasteiger partial charge >= 0.3 is 5.69 Å². The van der Waals surface area contributed by atoms with Crippen LogP contribution in [0.2, 0.25) is 0 Å². The number of carbonyl (C=O) groups is 3. The molecular weight excluding hydrogens is 378 g/mol. The number of rotatable bonds is 10. The number of aryl methyl sites for hydroxylation is 2. The fourth-order valence-electron chi connectivity index (χ4n) is 3.67. The highest BCUT2D eigenvalue weighted by Crippen LogP contribution is 2.25. The van der Waals surface area contributed by atoms with Crippen molar-refractivity contribution >= 4 is 29.1 Å². The number of fused-ring (bicyclic) bond motifs is 1. The van der Waals surface area contributed by atoms with Gasteiger partial charge in [-0.15, -0.1) is 0 Å². The van der Waals surface area contributed by atoms with Crippen LogP contribution in [0.3, 0.4) is 0 Å². The molecule has 2 heterocycles. The van der Waals surface area contributed by atoms with E-state index in [0.717, 1.165) is 17.5 Å². The second-order valence-corrected chi connectivity index (χ2v) is 6.92. The second kappa shape index (κ2) is 9.62. The first-order valence-electron chi connectivity index (χ1n) is 9.66. The summed E-state index contributed by atoms with van der Waals surface area (Å²) in [5.74, 6) is -0.747. The van der Waals surface area contributed by atoms with Crippen molar-refractivity contribution in [1.29, 1.82) is 0 Å². The average Bonchev–Trinajstić information content (AvgIpc) is 2.95. The summed E-state index contributed by atoms with van der Waals surface area (Å²) in [5, 5.41) is 2.32. The molecule has 2 aromatic rings. The summed E-state index contributed by atoms with van der Waals surface area (Å²) in [5.41, 5.74) is 2.20. The van der Waals surface area contributed by atoms with E-state index in [1.54, 1.807) is 11.6 Å². The van der Waals surface area contributed by atoms with Gasteiger partial charge in [0.05, 0.1) is 24.2 Å². The maximum atomic E-state index is 12.9. The smallest absolute Gasteiger partial charge is 0.329 e. The number of nitrogens with one attached hydrogen (secondary N) is 1. The molecule has 1 saturated heterocycles. The molecule has 3 rings (SSSR count). The molecule has 0 radical (unpaired) electrons. The highest BCUT2D eigenvalue weighted by molar-refractivity contribution is 6.00. The number of carbonyl (C=O) groups excluding carboxylic acids is 3. The van der Waals surface area contributed by atoms with Crippen molar-refractivity contribution in [2.45, 2.75) is 31.7 Å². The fourth-order valence-corrected chi connectivity index (χ4v) is 3.67. The summed E-state index contributed by atoms with van der Waals surface area (Å²) >= 11 is 0. The molecule has 1 atom stereocenters. The first kappa shape index (κ1) is 20.9. The first-order valence-corrected chi connectivity index (χ1v) is 9.66. The number of imide groups is 1. The summed E-state index contributed by atoms with van der Waals surface area (Å²) in [4.78, 5) is 46.8. The van der Waals surface area contributed by atoms with E-state index in [4.69, 9.17) is 9.47 Å². The number of hydrogen-bond donors (Lipinski definition) is 1. The van der Waals surface area contributed by atoms with Crippen LogP contribution in [-0.2, 0) is 37.3 Å². The number of imidazole rings is 1. The van der Waals surface area contributed by atoms with Crippen LogP contribution in [-0.4, -0.2) is 53.7 Å². The van der Waals surface area contributed by atoms with Crippen molar-refractivity contribution in [3.05, 3.63) is 34.2 Å². The summed E-state index contributed by atoms with van der Waals surface area (Å²) in [6, 6.07) is 4.97. The summed E-state index contributed by atoms with van der Waals surface area (Å²) in [7, 11) is 1.69. The molecule has 9 nitrogen and oxygen atoms in total. The number of ether oxygens (including phenoxy) is 2. The van der Waals surface area contributed by atoms with Crippen molar-refractivity contribution in [3.8, 4) is 0 Å². The van der Waals surface area contributed by atoms with E-state index >= 15 is 0 Å². The number of amides is 2. The first-order chi connectivity index (χ1) is 14.0. The average molecular weight is 403 g/mol. The van der Waals surface area contributed by atoms with E-state index in [1.165, 1.54) is 4.57 Å². The molecule has 0 saturated carbocycles. The maximum Gasteiger partial charge on any atom is 0.329 e. The highest BCUT2D eigenvalue weighted by Gasteiger charge is 2.31. The molecule has 1 N–H and O–H groups in total. The lowest BCUT2D eigenvalue weighted by atomic mass is 10.0. The Morgan fingerprint density at radius 3 is 2.72 bits per heavy atom. The number of aldehydes is 1. The van der Waals surface area contributed by atoms with Crippen molar-refractivity contribution in [1.82, 2.24) is 14.5 Å². The molecule has 1 unspecified atom stereocenters. The second-order valence-electron chi connectivity index (χ2n) is 6.92. The molecule has 1 fully saturated rings. The van der Waals surface area contributed by atoms with E-state index in [1.807, 2.05) is 18.2 Å². The van der Waals surface area contributed by atoms with Gasteiger partial charge in [-0.1, -0.05) is 12.1 Å². The third kappa shape index (κ3) is 4.63. The number of nitrogens with zero attached hydrogens (tertiary/aromatic N) is 2. The fraction of sp³-hybridized carbons (Fsp3) is 0.500. The van der Waals surface area contributed by atoms with Gasteiger partial charge in [0.2, 0.25) is 11.8 Å². The standard InChI is InChI=1S/C20H25N3O6/c1-22-18-14(5-3-10-28-12-13-29-11-9-24)4-2-6-15(18)23(20(22)27)16-7-8-17(25)21-19(16)26/h2,4,6,9,16H,3,5,7-8,10-13H2,1H3,(H,21,25,26). The van der Waals surface area contributed by atoms with Gasteiger partial charge in [-0.2, -0.15) is 0 Å². The van der Waals surface area contributed by atoms with E-state index in [0.29, 0.717) is 44.5 Å². The zero-order chi connectivity index (χ0) is 20.8. The molecule has 1 aliphatic rings. The number of para-hydroxylation sites is 1. The van der Waals surface area contributed by atoms with Gasteiger partial charge in [-0.05, 0) is 30.9 Å². The van der Waals surface area contributed by atoms with Gasteiger partial charge in [0.15, 0.2) is 0 Å². The molecule has 9 heteroatoms. The highest BCUT2D eigenvalue weighted by atomic mass is 16.5. The van der Waals surface area contributed by atoms with E-state index in [9.17, 15) is 19.2 Å². The van der Waals surface area contributed by atoms with Crippen LogP contribution in [0.25, 0.3) is 11.0 Å². The largest absolute Gasteiger partial charge is 0.379 e. The molecule has 29 heavy (non-hydrogen) atoms. The Hall–Kier alpha value is -2.78. The zero-order valence-electron chi connectivity index (χ0n) is 16.4. The molecule has 0 aliphatic carbocycles. The van der Waals surface area contributed by atoms with Crippen molar-refractivity contribution < 1.29 is 23.9 Å².